The van der Waals surface area contributed by atoms with Crippen molar-refractivity contribution in [2.24, 2.45) is 4.99 Å². The van der Waals surface area contributed by atoms with E-state index in [-0.39, 0.29) is 35.3 Å². The van der Waals surface area contributed by atoms with Crippen molar-refractivity contribution in [2.75, 3.05) is 13.7 Å². The number of thiazole rings is 1. The van der Waals surface area contributed by atoms with Crippen LogP contribution in [0.25, 0.3) is 23.0 Å². The minimum Gasteiger partial charge on any atom is -0.497 e. The fourth-order valence-corrected chi connectivity index (χ4v) is 6.66. The highest BCUT2D eigenvalue weighted by atomic mass is 32.1. The zero-order valence-electron chi connectivity index (χ0n) is 27.4. The third-order valence-corrected chi connectivity index (χ3v) is 8.78. The van der Waals surface area contributed by atoms with E-state index in [4.69, 9.17) is 19.3 Å². The van der Waals surface area contributed by atoms with Crippen LogP contribution >= 0.6 is 11.3 Å². The summed E-state index contributed by atoms with van der Waals surface area (Å²) in [6, 6.07) is 20.4. The third kappa shape index (κ3) is 6.52. The molecule has 49 heavy (non-hydrogen) atoms. The third-order valence-electron chi connectivity index (χ3n) is 7.79. The Labute approximate surface area is 285 Å². The number of carbonyl (C=O) groups is 1. The average Bonchev–Trinajstić information content (AvgIpc) is 3.64. The Kier molecular flexibility index (Phi) is 9.27. The Balaban J connectivity index is 1.56. The first-order valence-corrected chi connectivity index (χ1v) is 16.4. The number of rotatable bonds is 10. The summed E-state index contributed by atoms with van der Waals surface area (Å²) in [5.41, 5.74) is 3.00. The Hall–Kier alpha value is -5.82. The number of hydrogen-bond donors (Lipinski definition) is 0. The Morgan fingerprint density at radius 1 is 1.10 bits per heavy atom. The van der Waals surface area contributed by atoms with E-state index in [2.05, 4.69) is 4.99 Å². The van der Waals surface area contributed by atoms with Crippen LogP contribution in [0.1, 0.15) is 44.9 Å². The van der Waals surface area contributed by atoms with Crippen molar-refractivity contribution in [1.82, 2.24) is 14.3 Å². The molecular weight excluding hydrogens is 646 g/mol. The van der Waals surface area contributed by atoms with Crippen LogP contribution in [0.3, 0.4) is 0 Å². The minimum atomic E-state index is -0.809. The molecule has 1 aliphatic rings. The van der Waals surface area contributed by atoms with Gasteiger partial charge < -0.3 is 14.2 Å². The molecule has 0 spiro atoms. The maximum atomic E-state index is 14.4. The lowest BCUT2D eigenvalue weighted by molar-refractivity contribution is -0.385. The number of methoxy groups -OCH3 is 1. The lowest BCUT2D eigenvalue weighted by atomic mass is 9.96. The smallest absolute Gasteiger partial charge is 0.338 e. The van der Waals surface area contributed by atoms with Gasteiger partial charge in [-0.25, -0.2) is 14.5 Å². The summed E-state index contributed by atoms with van der Waals surface area (Å²) in [7, 11) is 1.56. The number of para-hydroxylation sites is 1. The quantitative estimate of drug-likeness (QED) is 0.109. The van der Waals surface area contributed by atoms with E-state index < -0.39 is 16.9 Å². The maximum absolute atomic E-state index is 14.4. The van der Waals surface area contributed by atoms with Gasteiger partial charge >= 0.3 is 11.7 Å². The normalized spacial score (nSPS) is 14.4. The first kappa shape index (κ1) is 33.1. The highest BCUT2D eigenvalue weighted by Crippen LogP contribution is 2.35. The van der Waals surface area contributed by atoms with E-state index in [9.17, 15) is 19.7 Å². The van der Waals surface area contributed by atoms with Crippen LogP contribution in [-0.2, 0) is 9.53 Å². The van der Waals surface area contributed by atoms with Gasteiger partial charge in [-0.1, -0.05) is 41.7 Å². The average molecular weight is 680 g/mol. The molecule has 3 heterocycles. The highest BCUT2D eigenvalue weighted by Gasteiger charge is 2.34. The molecule has 0 bridgehead atoms. The molecule has 1 aliphatic heterocycles. The zero-order valence-corrected chi connectivity index (χ0v) is 28.3. The summed E-state index contributed by atoms with van der Waals surface area (Å²) in [6.45, 7) is 7.27. The number of ether oxygens (including phenoxy) is 3. The van der Waals surface area contributed by atoms with Gasteiger partial charge in [0, 0.05) is 23.4 Å². The molecule has 0 unspecified atom stereocenters. The molecule has 0 amide bonds. The van der Waals surface area contributed by atoms with E-state index in [0.29, 0.717) is 43.2 Å². The number of esters is 1. The van der Waals surface area contributed by atoms with Gasteiger partial charge in [0.1, 0.15) is 11.4 Å². The number of hydrogen-bond acceptors (Lipinski definition) is 10. The lowest BCUT2D eigenvalue weighted by Gasteiger charge is -2.25. The van der Waals surface area contributed by atoms with Crippen molar-refractivity contribution in [3.05, 3.63) is 131 Å². The molecule has 6 rings (SSSR count). The first-order chi connectivity index (χ1) is 23.6. The summed E-state index contributed by atoms with van der Waals surface area (Å²) in [4.78, 5) is 44.4. The van der Waals surface area contributed by atoms with Crippen molar-refractivity contribution >= 4 is 29.1 Å². The maximum Gasteiger partial charge on any atom is 0.338 e. The molecule has 0 fully saturated rings. The number of carbonyl (C=O) groups excluding carboxylic acids is 1. The highest BCUT2D eigenvalue weighted by molar-refractivity contribution is 7.07. The summed E-state index contributed by atoms with van der Waals surface area (Å²) in [5.74, 6) is 0.213. The monoisotopic (exact) mass is 679 g/mol. The van der Waals surface area contributed by atoms with Crippen molar-refractivity contribution < 1.29 is 23.9 Å². The first-order valence-electron chi connectivity index (χ1n) is 15.5. The van der Waals surface area contributed by atoms with E-state index in [1.54, 1.807) is 76.0 Å². The number of nitro groups is 1. The fourth-order valence-electron chi connectivity index (χ4n) is 5.62. The van der Waals surface area contributed by atoms with Crippen molar-refractivity contribution in [1.29, 1.82) is 0 Å². The second-order valence-electron chi connectivity index (χ2n) is 11.4. The number of nitro benzene ring substituents is 1. The molecule has 12 nitrogen and oxygen atoms in total. The van der Waals surface area contributed by atoms with Crippen LogP contribution in [-0.4, -0.2) is 45.1 Å². The molecule has 1 atom stereocenters. The van der Waals surface area contributed by atoms with Crippen LogP contribution in [0.5, 0.6) is 11.5 Å². The van der Waals surface area contributed by atoms with Crippen LogP contribution in [0.2, 0.25) is 0 Å². The Bertz CT molecular complexity index is 2270. The van der Waals surface area contributed by atoms with E-state index >= 15 is 0 Å². The van der Waals surface area contributed by atoms with Crippen molar-refractivity contribution in [3.63, 3.8) is 0 Å². The number of fused-ring (bicyclic) bond motifs is 1. The van der Waals surface area contributed by atoms with Crippen LogP contribution < -0.4 is 24.4 Å². The second kappa shape index (κ2) is 13.7. The molecule has 0 radical (unpaired) electrons. The summed E-state index contributed by atoms with van der Waals surface area (Å²) in [6.07, 6.45) is 3.08. The standard InChI is InChI=1S/C36H33N5O7S/c1-6-47-29-17-14-24(18-28(29)41(44)45)32-25(20-39(38-32)26-10-8-7-9-11-26)19-30-34(42)40-33(23-12-15-27(46-5)16-13-23)31(35(43)48-21(2)3)22(4)37-36(40)49-30/h7-21,33H,6H2,1-5H3/b30-19-/t33-/m1/s1. The largest absolute Gasteiger partial charge is 0.497 e. The molecule has 2 aromatic heterocycles. The number of nitrogens with zero attached hydrogens (tertiary/aromatic N) is 5. The summed E-state index contributed by atoms with van der Waals surface area (Å²) < 4.78 is 19.9. The van der Waals surface area contributed by atoms with Crippen molar-refractivity contribution in [3.8, 4) is 28.4 Å². The molecule has 0 saturated carbocycles. The molecule has 0 saturated heterocycles. The summed E-state index contributed by atoms with van der Waals surface area (Å²) in [5, 5.41) is 16.8. The van der Waals surface area contributed by atoms with Crippen LogP contribution in [0.15, 0.2) is 100 Å². The van der Waals surface area contributed by atoms with Gasteiger partial charge in [0.05, 0.1) is 52.3 Å². The van der Waals surface area contributed by atoms with Gasteiger partial charge in [0.15, 0.2) is 10.6 Å². The molecule has 0 aliphatic carbocycles. The number of allylic oxidation sites excluding steroid dienone is 1. The molecule has 250 valence electrons. The molecular formula is C36H33N5O7S. The second-order valence-corrected chi connectivity index (χ2v) is 12.4. The predicted octanol–water partition coefficient (Wildman–Crippen LogP) is 5.36. The Morgan fingerprint density at radius 2 is 1.84 bits per heavy atom. The van der Waals surface area contributed by atoms with Gasteiger partial charge in [-0.05, 0) is 75.7 Å². The van der Waals surface area contributed by atoms with Crippen molar-refractivity contribution in [2.45, 2.75) is 39.8 Å². The SMILES string of the molecule is CCOc1ccc(-c2nn(-c3ccccc3)cc2/C=c2\sc3n(c2=O)[C@H](c2ccc(OC)cc2)C(C(=O)OC(C)C)=C(C)N=3)cc1[N+](=O)[O-]. The molecule has 3 aromatic carbocycles. The minimum absolute atomic E-state index is 0.148. The zero-order chi connectivity index (χ0) is 34.8. The lowest BCUT2D eigenvalue weighted by Crippen LogP contribution is -2.40. The van der Waals surface area contributed by atoms with Gasteiger partial charge in [-0.3, -0.25) is 19.5 Å². The van der Waals surface area contributed by atoms with E-state index in [0.717, 1.165) is 5.69 Å². The van der Waals surface area contributed by atoms with Crippen LogP contribution in [0, 0.1) is 10.1 Å². The van der Waals surface area contributed by atoms with Gasteiger partial charge in [-0.15, -0.1) is 0 Å². The topological polar surface area (TPSA) is 140 Å². The van der Waals surface area contributed by atoms with Crippen LogP contribution in [0.4, 0.5) is 5.69 Å². The van der Waals surface area contributed by atoms with Gasteiger partial charge in [0.25, 0.3) is 5.56 Å². The molecule has 13 heteroatoms. The fraction of sp³-hybridized carbons (Fsp3) is 0.222. The van der Waals surface area contributed by atoms with E-state index in [1.807, 2.05) is 42.5 Å². The predicted molar refractivity (Wildman–Crippen MR) is 185 cm³/mol. The number of aromatic nitrogens is 3. The summed E-state index contributed by atoms with van der Waals surface area (Å²) >= 11 is 1.17. The Morgan fingerprint density at radius 3 is 2.49 bits per heavy atom. The van der Waals surface area contributed by atoms with Gasteiger partial charge in [-0.2, -0.15) is 5.10 Å². The van der Waals surface area contributed by atoms with Gasteiger partial charge in [0.2, 0.25) is 0 Å². The number of benzene rings is 3. The molecule has 5 aromatic rings. The molecule has 0 N–H and O–H groups in total. The van der Waals surface area contributed by atoms with E-state index in [1.165, 1.54) is 22.0 Å².